The number of benzene rings is 1. The van der Waals surface area contributed by atoms with Gasteiger partial charge in [-0.1, -0.05) is 37.1 Å². The normalized spacial score (nSPS) is 31.5. The fraction of sp³-hybridized carbons (Fsp3) is 0.750. The molecule has 150 valence electrons. The third kappa shape index (κ3) is 5.13. The van der Waals surface area contributed by atoms with Gasteiger partial charge in [-0.25, -0.2) is 0 Å². The summed E-state index contributed by atoms with van der Waals surface area (Å²) in [6, 6.07) is 9.26. The van der Waals surface area contributed by atoms with Crippen molar-refractivity contribution >= 4 is 0 Å². The summed E-state index contributed by atoms with van der Waals surface area (Å²) in [5, 5.41) is 7.59. The Labute approximate surface area is 165 Å². The van der Waals surface area contributed by atoms with Gasteiger partial charge < -0.3 is 16.4 Å². The molecule has 1 aromatic rings. The third-order valence-corrected chi connectivity index (χ3v) is 7.37. The topological polar surface area (TPSA) is 50.1 Å². The van der Waals surface area contributed by atoms with Crippen LogP contribution in [0.4, 0.5) is 0 Å². The first-order valence-corrected chi connectivity index (χ1v) is 11.5. The minimum absolute atomic E-state index is 0.471. The molecular weight excluding hydrogens is 330 g/mol. The molecule has 0 unspecified atom stereocenters. The quantitative estimate of drug-likeness (QED) is 0.508. The Balaban J connectivity index is 1.18. The van der Waals surface area contributed by atoms with Crippen molar-refractivity contribution in [2.24, 2.45) is 23.5 Å². The van der Waals surface area contributed by atoms with E-state index in [-0.39, 0.29) is 0 Å². The summed E-state index contributed by atoms with van der Waals surface area (Å²) in [5.41, 5.74) is 8.84. The van der Waals surface area contributed by atoms with Gasteiger partial charge in [0.1, 0.15) is 0 Å². The first-order chi connectivity index (χ1) is 13.2. The fourth-order valence-corrected chi connectivity index (χ4v) is 6.37. The summed E-state index contributed by atoms with van der Waals surface area (Å²) >= 11 is 0. The van der Waals surface area contributed by atoms with Crippen molar-refractivity contribution in [1.29, 1.82) is 0 Å². The van der Waals surface area contributed by atoms with Gasteiger partial charge in [0.05, 0.1) is 0 Å². The molecule has 0 spiro atoms. The molecule has 4 N–H and O–H groups in total. The minimum Gasteiger partial charge on any atom is -0.330 e. The Morgan fingerprint density at radius 2 is 1.33 bits per heavy atom. The Hall–Kier alpha value is -0.900. The maximum atomic E-state index is 5.53. The van der Waals surface area contributed by atoms with Crippen LogP contribution in [-0.2, 0) is 13.1 Å². The number of hydrogen-bond acceptors (Lipinski definition) is 3. The molecule has 0 amide bonds. The van der Waals surface area contributed by atoms with Crippen LogP contribution in [0.25, 0.3) is 0 Å². The van der Waals surface area contributed by atoms with Crippen molar-refractivity contribution in [3.8, 4) is 0 Å². The number of rotatable bonds is 11. The molecule has 0 radical (unpaired) electrons. The lowest BCUT2D eigenvalue weighted by Gasteiger charge is -2.57. The number of nitrogens with one attached hydrogen (secondary N) is 2. The highest BCUT2D eigenvalue weighted by Gasteiger charge is 2.50. The maximum Gasteiger partial charge on any atom is 0.0210 e. The average molecular weight is 370 g/mol. The lowest BCUT2D eigenvalue weighted by Crippen LogP contribution is -2.58. The molecule has 4 bridgehead atoms. The van der Waals surface area contributed by atoms with Gasteiger partial charge >= 0.3 is 0 Å². The average Bonchev–Trinajstić information content (AvgIpc) is 2.66. The highest BCUT2D eigenvalue weighted by Crippen LogP contribution is 2.55. The Bertz CT molecular complexity index is 545. The maximum absolute atomic E-state index is 5.53. The van der Waals surface area contributed by atoms with E-state index in [4.69, 9.17) is 5.73 Å². The highest BCUT2D eigenvalue weighted by molar-refractivity contribution is 5.23. The lowest BCUT2D eigenvalue weighted by molar-refractivity contribution is -0.0206. The van der Waals surface area contributed by atoms with Gasteiger partial charge in [-0.15, -0.1) is 0 Å². The molecule has 5 rings (SSSR count). The van der Waals surface area contributed by atoms with Crippen LogP contribution in [0.2, 0.25) is 0 Å². The van der Waals surface area contributed by atoms with Crippen molar-refractivity contribution in [2.45, 2.75) is 82.8 Å². The zero-order valence-corrected chi connectivity index (χ0v) is 17.0. The van der Waals surface area contributed by atoms with E-state index in [0.29, 0.717) is 5.54 Å². The Kier molecular flexibility index (Phi) is 6.52. The van der Waals surface area contributed by atoms with Crippen molar-refractivity contribution in [2.75, 3.05) is 13.1 Å². The largest absolute Gasteiger partial charge is 0.330 e. The van der Waals surface area contributed by atoms with Gasteiger partial charge in [-0.3, -0.25) is 0 Å². The predicted octanol–water partition coefficient (Wildman–Crippen LogP) is 4.35. The van der Waals surface area contributed by atoms with E-state index in [1.54, 1.807) is 0 Å². The van der Waals surface area contributed by atoms with E-state index in [1.807, 2.05) is 0 Å². The highest BCUT2D eigenvalue weighted by atomic mass is 15.0. The van der Waals surface area contributed by atoms with Gasteiger partial charge in [0.2, 0.25) is 0 Å². The molecule has 27 heavy (non-hydrogen) atoms. The number of hydrogen-bond donors (Lipinski definition) is 3. The zero-order valence-electron chi connectivity index (χ0n) is 17.0. The molecule has 1 aromatic carbocycles. The van der Waals surface area contributed by atoms with Gasteiger partial charge in [0.15, 0.2) is 0 Å². The second kappa shape index (κ2) is 9.07. The second-order valence-electron chi connectivity index (χ2n) is 9.75. The van der Waals surface area contributed by atoms with Crippen molar-refractivity contribution in [1.82, 2.24) is 10.6 Å². The monoisotopic (exact) mass is 369 g/mol. The number of unbranched alkanes of at least 4 members (excludes halogenated alkanes) is 3. The fourth-order valence-electron chi connectivity index (χ4n) is 6.37. The summed E-state index contributed by atoms with van der Waals surface area (Å²) in [5.74, 6) is 3.06. The molecule has 0 atom stereocenters. The van der Waals surface area contributed by atoms with E-state index in [0.717, 1.165) is 43.9 Å². The minimum atomic E-state index is 0.471. The van der Waals surface area contributed by atoms with Gasteiger partial charge in [0.25, 0.3) is 0 Å². The van der Waals surface area contributed by atoms with Crippen molar-refractivity contribution in [3.63, 3.8) is 0 Å². The predicted molar refractivity (Wildman–Crippen MR) is 113 cm³/mol. The Morgan fingerprint density at radius 1 is 0.778 bits per heavy atom. The molecule has 0 heterocycles. The van der Waals surface area contributed by atoms with Crippen LogP contribution in [0.3, 0.4) is 0 Å². The van der Waals surface area contributed by atoms with Crippen LogP contribution in [-0.4, -0.2) is 18.6 Å². The number of nitrogens with two attached hydrogens (primary N) is 1. The van der Waals surface area contributed by atoms with E-state index in [1.165, 1.54) is 75.3 Å². The lowest BCUT2D eigenvalue weighted by atomic mass is 9.53. The summed E-state index contributed by atoms with van der Waals surface area (Å²) in [6.45, 7) is 3.97. The van der Waals surface area contributed by atoms with Crippen LogP contribution in [0, 0.1) is 17.8 Å². The molecule has 4 aliphatic rings. The molecule has 4 saturated carbocycles. The van der Waals surface area contributed by atoms with E-state index >= 15 is 0 Å². The summed E-state index contributed by atoms with van der Waals surface area (Å²) < 4.78 is 0. The molecule has 4 aliphatic carbocycles. The molecule has 0 saturated heterocycles. The molecule has 0 aromatic heterocycles. The van der Waals surface area contributed by atoms with Crippen LogP contribution in [0.5, 0.6) is 0 Å². The van der Waals surface area contributed by atoms with E-state index in [9.17, 15) is 0 Å². The Morgan fingerprint density at radius 3 is 1.93 bits per heavy atom. The summed E-state index contributed by atoms with van der Waals surface area (Å²) in [6.07, 6.45) is 13.9. The van der Waals surface area contributed by atoms with Crippen molar-refractivity contribution < 1.29 is 0 Å². The van der Waals surface area contributed by atoms with Gasteiger partial charge in [0, 0.05) is 18.6 Å². The SMILES string of the molecule is NCCCCCCNCc1ccc(CNC23CC4CC(CC(C4)C2)C3)cc1. The first-order valence-electron chi connectivity index (χ1n) is 11.5. The molecule has 4 fully saturated rings. The van der Waals surface area contributed by atoms with Crippen LogP contribution in [0.1, 0.15) is 75.3 Å². The third-order valence-electron chi connectivity index (χ3n) is 7.37. The summed E-state index contributed by atoms with van der Waals surface area (Å²) in [4.78, 5) is 0. The molecule has 0 aliphatic heterocycles. The van der Waals surface area contributed by atoms with Crippen molar-refractivity contribution in [3.05, 3.63) is 35.4 Å². The van der Waals surface area contributed by atoms with E-state index < -0.39 is 0 Å². The standard InChI is InChI=1S/C24H39N3/c25-9-3-1-2-4-10-26-17-19-5-7-20(8-6-19)18-27-24-14-21-11-22(15-24)13-23(12-21)16-24/h5-8,21-23,26-27H,1-4,9-18,25H2. The molecular formula is C24H39N3. The zero-order chi connectivity index (χ0) is 18.5. The summed E-state index contributed by atoms with van der Waals surface area (Å²) in [7, 11) is 0. The first kappa shape index (κ1) is 19.4. The van der Waals surface area contributed by atoms with Crippen LogP contribution >= 0.6 is 0 Å². The molecule has 3 nitrogen and oxygen atoms in total. The van der Waals surface area contributed by atoms with Gasteiger partial charge in [-0.05, 0) is 93.3 Å². The van der Waals surface area contributed by atoms with Crippen LogP contribution < -0.4 is 16.4 Å². The van der Waals surface area contributed by atoms with E-state index in [2.05, 4.69) is 34.9 Å². The van der Waals surface area contributed by atoms with Crippen LogP contribution in [0.15, 0.2) is 24.3 Å². The second-order valence-corrected chi connectivity index (χ2v) is 9.75. The molecule has 3 heteroatoms. The van der Waals surface area contributed by atoms with Gasteiger partial charge in [-0.2, -0.15) is 0 Å². The smallest absolute Gasteiger partial charge is 0.0210 e.